The Morgan fingerprint density at radius 2 is 1.71 bits per heavy atom. The first kappa shape index (κ1) is 17.9. The maximum atomic E-state index is 12.9. The number of fused-ring (bicyclic) bond motifs is 1. The van der Waals surface area contributed by atoms with Gasteiger partial charge in [0.25, 0.3) is 0 Å². The highest BCUT2D eigenvalue weighted by Crippen LogP contribution is 2.25. The van der Waals surface area contributed by atoms with Crippen LogP contribution in [0.1, 0.15) is 16.7 Å². The van der Waals surface area contributed by atoms with Gasteiger partial charge in [-0.25, -0.2) is 4.98 Å². The molecule has 0 aliphatic rings. The highest BCUT2D eigenvalue weighted by Gasteiger charge is 2.17. The van der Waals surface area contributed by atoms with Gasteiger partial charge in [0, 0.05) is 11.9 Å². The van der Waals surface area contributed by atoms with Crippen molar-refractivity contribution in [3.05, 3.63) is 77.5 Å². The molecule has 2 aromatic carbocycles. The Hall–Kier alpha value is -3.47. The summed E-state index contributed by atoms with van der Waals surface area (Å²) in [4.78, 5) is 22.0. The van der Waals surface area contributed by atoms with E-state index in [0.29, 0.717) is 5.82 Å². The van der Waals surface area contributed by atoms with E-state index in [4.69, 9.17) is 4.98 Å². The van der Waals surface area contributed by atoms with E-state index < -0.39 is 0 Å². The number of hydrogen-bond donors (Lipinski definition) is 1. The van der Waals surface area contributed by atoms with Crippen LogP contribution in [0.25, 0.3) is 22.6 Å². The minimum absolute atomic E-state index is 0.0876. The molecule has 2 aromatic heterocycles. The second-order valence-electron chi connectivity index (χ2n) is 7.05. The normalized spacial score (nSPS) is 11.0. The van der Waals surface area contributed by atoms with Crippen LogP contribution in [0, 0.1) is 20.8 Å². The van der Waals surface area contributed by atoms with Gasteiger partial charge >= 0.3 is 0 Å². The van der Waals surface area contributed by atoms with Gasteiger partial charge in [0.2, 0.25) is 5.91 Å². The molecule has 0 saturated heterocycles. The summed E-state index contributed by atoms with van der Waals surface area (Å²) >= 11 is 0. The van der Waals surface area contributed by atoms with Gasteiger partial charge in [-0.15, -0.1) is 0 Å². The molecule has 0 aliphatic heterocycles. The van der Waals surface area contributed by atoms with Gasteiger partial charge < -0.3 is 9.88 Å². The predicted octanol–water partition coefficient (Wildman–Crippen LogP) is 4.66. The molecule has 0 spiro atoms. The average molecular weight is 370 g/mol. The summed E-state index contributed by atoms with van der Waals surface area (Å²) in [7, 11) is 0. The maximum absolute atomic E-state index is 12.9. The molecule has 0 saturated carbocycles. The number of aromatic nitrogens is 3. The minimum Gasteiger partial charge on any atom is -0.324 e. The van der Waals surface area contributed by atoms with Crippen molar-refractivity contribution >= 4 is 22.6 Å². The van der Waals surface area contributed by atoms with Crippen molar-refractivity contribution in [1.82, 2.24) is 14.5 Å². The van der Waals surface area contributed by atoms with Crippen molar-refractivity contribution in [1.29, 1.82) is 0 Å². The number of anilines is 1. The summed E-state index contributed by atoms with van der Waals surface area (Å²) in [5.74, 6) is 0.602. The first-order chi connectivity index (χ1) is 13.5. The number of aryl methyl sites for hydroxylation is 3. The van der Waals surface area contributed by atoms with E-state index in [1.807, 2.05) is 60.9 Å². The Morgan fingerprint density at radius 3 is 2.43 bits per heavy atom. The Bertz CT molecular complexity index is 1140. The van der Waals surface area contributed by atoms with Crippen molar-refractivity contribution in [2.45, 2.75) is 27.3 Å². The molecule has 0 aliphatic carbocycles. The molecular weight excluding hydrogens is 348 g/mol. The average Bonchev–Trinajstić information content (AvgIpc) is 3.04. The van der Waals surface area contributed by atoms with Gasteiger partial charge in [-0.1, -0.05) is 35.9 Å². The van der Waals surface area contributed by atoms with Crippen molar-refractivity contribution in [2.75, 3.05) is 5.32 Å². The lowest BCUT2D eigenvalue weighted by molar-refractivity contribution is -0.116. The number of carbonyl (C=O) groups is 1. The third-order valence-electron chi connectivity index (χ3n) is 4.79. The van der Waals surface area contributed by atoms with Gasteiger partial charge in [-0.2, -0.15) is 0 Å². The fourth-order valence-corrected chi connectivity index (χ4v) is 3.63. The van der Waals surface area contributed by atoms with Crippen LogP contribution in [0.3, 0.4) is 0 Å². The van der Waals surface area contributed by atoms with Crippen molar-refractivity contribution < 1.29 is 4.79 Å². The molecule has 4 rings (SSSR count). The number of imidazole rings is 1. The smallest absolute Gasteiger partial charge is 0.244 e. The summed E-state index contributed by atoms with van der Waals surface area (Å²) in [6.07, 6.45) is 1.73. The molecule has 4 aromatic rings. The number of nitrogens with zero attached hydrogens (tertiary/aromatic N) is 3. The summed E-state index contributed by atoms with van der Waals surface area (Å²) in [5.41, 5.74) is 6.69. The molecule has 2 heterocycles. The summed E-state index contributed by atoms with van der Waals surface area (Å²) in [5, 5.41) is 3.08. The third kappa shape index (κ3) is 3.39. The Kier molecular flexibility index (Phi) is 4.65. The van der Waals surface area contributed by atoms with E-state index in [1.165, 1.54) is 5.56 Å². The zero-order valence-corrected chi connectivity index (χ0v) is 16.2. The van der Waals surface area contributed by atoms with Crippen LogP contribution in [0.4, 0.5) is 5.69 Å². The van der Waals surface area contributed by atoms with E-state index in [9.17, 15) is 4.79 Å². The summed E-state index contributed by atoms with van der Waals surface area (Å²) in [6.45, 7) is 6.25. The Labute approximate surface area is 164 Å². The van der Waals surface area contributed by atoms with Crippen LogP contribution in [-0.4, -0.2) is 20.4 Å². The standard InChI is InChI=1S/C23H22N4O/c1-15-12-16(2)22(17(3)13-15)26-21(28)14-27-20-10-5-4-8-18(20)25-23(27)19-9-6-7-11-24-19/h4-13H,14H2,1-3H3,(H,26,28). The van der Waals surface area contributed by atoms with Crippen LogP contribution in [0.2, 0.25) is 0 Å². The molecule has 5 heteroatoms. The highest BCUT2D eigenvalue weighted by atomic mass is 16.1. The molecule has 140 valence electrons. The maximum Gasteiger partial charge on any atom is 0.244 e. The second kappa shape index (κ2) is 7.27. The summed E-state index contributed by atoms with van der Waals surface area (Å²) in [6, 6.07) is 17.7. The molecule has 1 amide bonds. The number of hydrogen-bond acceptors (Lipinski definition) is 3. The first-order valence-corrected chi connectivity index (χ1v) is 9.27. The zero-order valence-electron chi connectivity index (χ0n) is 16.2. The molecule has 0 radical (unpaired) electrons. The van der Waals surface area contributed by atoms with Crippen LogP contribution >= 0.6 is 0 Å². The van der Waals surface area contributed by atoms with Crippen LogP contribution in [0.15, 0.2) is 60.8 Å². The number of rotatable bonds is 4. The molecule has 0 unspecified atom stereocenters. The first-order valence-electron chi connectivity index (χ1n) is 9.27. The van der Waals surface area contributed by atoms with Gasteiger partial charge in [0.15, 0.2) is 5.82 Å². The molecule has 0 fully saturated rings. The largest absolute Gasteiger partial charge is 0.324 e. The van der Waals surface area contributed by atoms with E-state index in [-0.39, 0.29) is 12.5 Å². The van der Waals surface area contributed by atoms with Crippen LogP contribution in [0.5, 0.6) is 0 Å². The van der Waals surface area contributed by atoms with Crippen molar-refractivity contribution in [3.63, 3.8) is 0 Å². The monoisotopic (exact) mass is 370 g/mol. The van der Waals surface area contributed by atoms with Gasteiger partial charge in [-0.3, -0.25) is 9.78 Å². The van der Waals surface area contributed by atoms with Crippen molar-refractivity contribution in [3.8, 4) is 11.5 Å². The molecular formula is C23H22N4O. The molecule has 0 atom stereocenters. The fraction of sp³-hybridized carbons (Fsp3) is 0.174. The van der Waals surface area contributed by atoms with E-state index >= 15 is 0 Å². The van der Waals surface area contributed by atoms with E-state index in [1.54, 1.807) is 6.20 Å². The lowest BCUT2D eigenvalue weighted by Gasteiger charge is -2.14. The third-order valence-corrected chi connectivity index (χ3v) is 4.79. The van der Waals surface area contributed by atoms with Gasteiger partial charge in [0.1, 0.15) is 12.2 Å². The van der Waals surface area contributed by atoms with E-state index in [0.717, 1.165) is 33.5 Å². The molecule has 1 N–H and O–H groups in total. The predicted molar refractivity (Wildman–Crippen MR) is 112 cm³/mol. The summed E-state index contributed by atoms with van der Waals surface area (Å²) < 4.78 is 1.92. The molecule has 28 heavy (non-hydrogen) atoms. The van der Waals surface area contributed by atoms with Gasteiger partial charge in [0.05, 0.1) is 11.0 Å². The Balaban J connectivity index is 1.71. The number of para-hydroxylation sites is 2. The zero-order chi connectivity index (χ0) is 19.7. The lowest BCUT2D eigenvalue weighted by Crippen LogP contribution is -2.20. The topological polar surface area (TPSA) is 59.8 Å². The Morgan fingerprint density at radius 1 is 1.00 bits per heavy atom. The highest BCUT2D eigenvalue weighted by molar-refractivity contribution is 5.94. The fourth-order valence-electron chi connectivity index (χ4n) is 3.63. The van der Waals surface area contributed by atoms with Crippen LogP contribution < -0.4 is 5.32 Å². The number of benzene rings is 2. The van der Waals surface area contributed by atoms with Gasteiger partial charge in [-0.05, 0) is 56.2 Å². The SMILES string of the molecule is Cc1cc(C)c(NC(=O)Cn2c(-c3ccccn3)nc3ccccc32)c(C)c1. The molecule has 0 bridgehead atoms. The van der Waals surface area contributed by atoms with E-state index in [2.05, 4.69) is 29.4 Å². The lowest BCUT2D eigenvalue weighted by atomic mass is 10.1. The second-order valence-corrected chi connectivity index (χ2v) is 7.05. The number of nitrogens with one attached hydrogen (secondary N) is 1. The molecule has 5 nitrogen and oxygen atoms in total. The van der Waals surface area contributed by atoms with Crippen molar-refractivity contribution in [2.24, 2.45) is 0 Å². The number of pyridine rings is 1. The van der Waals surface area contributed by atoms with Crippen LogP contribution in [-0.2, 0) is 11.3 Å². The minimum atomic E-state index is -0.0876. The number of carbonyl (C=O) groups excluding carboxylic acids is 1. The number of amides is 1. The quantitative estimate of drug-likeness (QED) is 0.568.